The van der Waals surface area contributed by atoms with Crippen LogP contribution in [0.25, 0.3) is 0 Å². The number of hydrogen-bond donors (Lipinski definition) is 1. The number of nitrogens with zero attached hydrogens (tertiary/aromatic N) is 2. The third-order valence-electron chi connectivity index (χ3n) is 3.96. The molecule has 0 aromatic heterocycles. The zero-order chi connectivity index (χ0) is 15.6. The van der Waals surface area contributed by atoms with Gasteiger partial charge in [-0.3, -0.25) is 0 Å². The molecule has 1 atom stereocenters. The molecule has 118 valence electrons. The van der Waals surface area contributed by atoms with Gasteiger partial charge in [-0.1, -0.05) is 6.07 Å². The largest absolute Gasteiger partial charge is 0.326 e. The van der Waals surface area contributed by atoms with Crippen molar-refractivity contribution in [3.8, 4) is 0 Å². The van der Waals surface area contributed by atoms with E-state index >= 15 is 0 Å². The van der Waals surface area contributed by atoms with E-state index < -0.39 is 15.8 Å². The number of nitrogens with two attached hydrogens (primary N) is 1. The van der Waals surface area contributed by atoms with Crippen LogP contribution in [0.3, 0.4) is 0 Å². The van der Waals surface area contributed by atoms with Gasteiger partial charge in [0.25, 0.3) is 0 Å². The van der Waals surface area contributed by atoms with Gasteiger partial charge in [-0.15, -0.1) is 0 Å². The van der Waals surface area contributed by atoms with E-state index in [2.05, 4.69) is 0 Å². The van der Waals surface area contributed by atoms with Crippen LogP contribution in [0.5, 0.6) is 0 Å². The minimum atomic E-state index is -3.71. The fraction of sp³-hybridized carbons (Fsp3) is 0.571. The number of rotatable bonds is 4. The van der Waals surface area contributed by atoms with Crippen molar-refractivity contribution in [2.45, 2.75) is 30.3 Å². The van der Waals surface area contributed by atoms with Crippen LogP contribution in [0, 0.1) is 5.82 Å². The van der Waals surface area contributed by atoms with Crippen molar-refractivity contribution < 1.29 is 12.8 Å². The monoisotopic (exact) mass is 315 g/mol. The lowest BCUT2D eigenvalue weighted by Crippen LogP contribution is -2.47. The first-order chi connectivity index (χ1) is 9.86. The van der Waals surface area contributed by atoms with Crippen LogP contribution in [0.4, 0.5) is 4.39 Å². The average molecular weight is 315 g/mol. The summed E-state index contributed by atoms with van der Waals surface area (Å²) in [5.74, 6) is -0.563. The van der Waals surface area contributed by atoms with E-state index in [1.807, 2.05) is 19.0 Å². The highest BCUT2D eigenvalue weighted by Crippen LogP contribution is 2.25. The molecule has 0 bridgehead atoms. The predicted octanol–water partition coefficient (Wildman–Crippen LogP) is 0.999. The molecule has 21 heavy (non-hydrogen) atoms. The summed E-state index contributed by atoms with van der Waals surface area (Å²) in [6, 6.07) is 3.93. The van der Waals surface area contributed by atoms with E-state index in [0.717, 1.165) is 18.9 Å². The Bertz CT molecular complexity index is 604. The van der Waals surface area contributed by atoms with E-state index in [0.29, 0.717) is 18.7 Å². The van der Waals surface area contributed by atoms with Crippen LogP contribution in [0.1, 0.15) is 18.4 Å². The van der Waals surface area contributed by atoms with Crippen molar-refractivity contribution >= 4 is 10.0 Å². The Morgan fingerprint density at radius 2 is 2.14 bits per heavy atom. The van der Waals surface area contributed by atoms with Gasteiger partial charge < -0.3 is 10.6 Å². The molecule has 1 aliphatic heterocycles. The summed E-state index contributed by atoms with van der Waals surface area (Å²) in [6.07, 6.45) is 1.77. The number of hydrogen-bond acceptors (Lipinski definition) is 4. The first kappa shape index (κ1) is 16.4. The van der Waals surface area contributed by atoms with Crippen LogP contribution in [-0.4, -0.2) is 50.8 Å². The first-order valence-electron chi connectivity index (χ1n) is 7.01. The van der Waals surface area contributed by atoms with Crippen LogP contribution in [-0.2, 0) is 16.6 Å². The zero-order valence-corrected chi connectivity index (χ0v) is 13.2. The Hall–Kier alpha value is -1.02. The Morgan fingerprint density at radius 1 is 1.43 bits per heavy atom. The standard InChI is InChI=1S/C14H22FN3O2S/c1-17(2)13-4-3-7-18(10-13)21(19,20)14-8-12(15)6-5-11(14)9-16/h5-6,8,13H,3-4,7,9-10,16H2,1-2H3. The number of halogens is 1. The summed E-state index contributed by atoms with van der Waals surface area (Å²) in [5, 5.41) is 0. The van der Waals surface area contributed by atoms with E-state index in [9.17, 15) is 12.8 Å². The molecule has 0 amide bonds. The second-order valence-electron chi connectivity index (χ2n) is 5.58. The van der Waals surface area contributed by atoms with Crippen LogP contribution in [0.2, 0.25) is 0 Å². The summed E-state index contributed by atoms with van der Waals surface area (Å²) < 4.78 is 40.4. The molecule has 1 fully saturated rings. The minimum absolute atomic E-state index is 0.00981. The lowest BCUT2D eigenvalue weighted by molar-refractivity contribution is 0.190. The maximum Gasteiger partial charge on any atom is 0.243 e. The van der Waals surface area contributed by atoms with Gasteiger partial charge in [0.2, 0.25) is 10.0 Å². The van der Waals surface area contributed by atoms with E-state index in [-0.39, 0.29) is 17.5 Å². The second kappa shape index (κ2) is 6.39. The number of benzene rings is 1. The topological polar surface area (TPSA) is 66.6 Å². The molecule has 5 nitrogen and oxygen atoms in total. The molecular weight excluding hydrogens is 293 g/mol. The van der Waals surface area contributed by atoms with Crippen molar-refractivity contribution in [1.29, 1.82) is 0 Å². The molecule has 1 unspecified atom stereocenters. The third-order valence-corrected chi connectivity index (χ3v) is 5.90. The van der Waals surface area contributed by atoms with Gasteiger partial charge in [0.15, 0.2) is 0 Å². The first-order valence-corrected chi connectivity index (χ1v) is 8.45. The van der Waals surface area contributed by atoms with Gasteiger partial charge in [-0.2, -0.15) is 4.31 Å². The quantitative estimate of drug-likeness (QED) is 0.900. The summed E-state index contributed by atoms with van der Waals surface area (Å²) >= 11 is 0. The molecule has 0 radical (unpaired) electrons. The average Bonchev–Trinajstić information content (AvgIpc) is 2.47. The summed E-state index contributed by atoms with van der Waals surface area (Å²) in [6.45, 7) is 0.961. The van der Waals surface area contributed by atoms with Crippen LogP contribution >= 0.6 is 0 Å². The second-order valence-corrected chi connectivity index (χ2v) is 7.49. The highest BCUT2D eigenvalue weighted by molar-refractivity contribution is 7.89. The third kappa shape index (κ3) is 3.42. The van der Waals surface area contributed by atoms with E-state index in [4.69, 9.17) is 5.73 Å². The van der Waals surface area contributed by atoms with Crippen molar-refractivity contribution in [2.75, 3.05) is 27.2 Å². The molecular formula is C14H22FN3O2S. The minimum Gasteiger partial charge on any atom is -0.326 e. The van der Waals surface area contributed by atoms with Crippen molar-refractivity contribution in [3.63, 3.8) is 0 Å². The van der Waals surface area contributed by atoms with Crippen molar-refractivity contribution in [2.24, 2.45) is 5.73 Å². The Balaban J connectivity index is 2.35. The summed E-state index contributed by atoms with van der Waals surface area (Å²) in [4.78, 5) is 2.02. The van der Waals surface area contributed by atoms with Crippen LogP contribution in [0.15, 0.2) is 23.1 Å². The molecule has 0 spiro atoms. The zero-order valence-electron chi connectivity index (χ0n) is 12.4. The van der Waals surface area contributed by atoms with Crippen molar-refractivity contribution in [1.82, 2.24) is 9.21 Å². The highest BCUT2D eigenvalue weighted by atomic mass is 32.2. The lowest BCUT2D eigenvalue weighted by Gasteiger charge is -2.35. The molecule has 1 aliphatic rings. The maximum absolute atomic E-state index is 13.5. The fourth-order valence-electron chi connectivity index (χ4n) is 2.64. The van der Waals surface area contributed by atoms with Crippen molar-refractivity contribution in [3.05, 3.63) is 29.6 Å². The molecule has 2 N–H and O–H groups in total. The molecule has 7 heteroatoms. The Kier molecular flexibility index (Phi) is 4.98. The molecule has 0 aliphatic carbocycles. The molecule has 1 aromatic carbocycles. The molecule has 0 saturated carbocycles. The maximum atomic E-state index is 13.5. The Morgan fingerprint density at radius 3 is 2.76 bits per heavy atom. The van der Waals surface area contributed by atoms with Gasteiger partial charge in [-0.25, -0.2) is 12.8 Å². The number of piperidine rings is 1. The normalized spacial score (nSPS) is 20.9. The fourth-order valence-corrected chi connectivity index (χ4v) is 4.40. The number of likely N-dealkylation sites (N-methyl/N-ethyl adjacent to an activating group) is 1. The van der Waals surface area contributed by atoms with Gasteiger partial charge in [0.1, 0.15) is 5.82 Å². The van der Waals surface area contributed by atoms with Gasteiger partial charge in [0.05, 0.1) is 4.90 Å². The van der Waals surface area contributed by atoms with Gasteiger partial charge in [0, 0.05) is 25.7 Å². The van der Waals surface area contributed by atoms with E-state index in [1.54, 1.807) is 0 Å². The molecule has 1 heterocycles. The molecule has 1 saturated heterocycles. The smallest absolute Gasteiger partial charge is 0.243 e. The van der Waals surface area contributed by atoms with Crippen LogP contribution < -0.4 is 5.73 Å². The molecule has 2 rings (SSSR count). The predicted molar refractivity (Wildman–Crippen MR) is 79.8 cm³/mol. The molecule has 1 aromatic rings. The summed E-state index contributed by atoms with van der Waals surface area (Å²) in [5.41, 5.74) is 6.04. The highest BCUT2D eigenvalue weighted by Gasteiger charge is 2.32. The number of sulfonamides is 1. The summed E-state index contributed by atoms with van der Waals surface area (Å²) in [7, 11) is 0.170. The van der Waals surface area contributed by atoms with Gasteiger partial charge in [-0.05, 0) is 44.6 Å². The van der Waals surface area contributed by atoms with Gasteiger partial charge >= 0.3 is 0 Å². The lowest BCUT2D eigenvalue weighted by atomic mass is 10.1. The van der Waals surface area contributed by atoms with E-state index in [1.165, 1.54) is 16.4 Å². The Labute approximate surface area is 125 Å². The SMILES string of the molecule is CN(C)C1CCCN(S(=O)(=O)c2cc(F)ccc2CN)C1.